The van der Waals surface area contributed by atoms with E-state index in [0.717, 1.165) is 17.2 Å². The lowest BCUT2D eigenvalue weighted by atomic mass is 10.1. The average molecular weight is 324 g/mol. The third-order valence-electron chi connectivity index (χ3n) is 3.89. The minimum Gasteiger partial charge on any atom is -0.349 e. The molecule has 0 aliphatic carbocycles. The van der Waals surface area contributed by atoms with E-state index in [1.54, 1.807) is 16.2 Å². The smallest absolute Gasteiger partial charge is 0.225 e. The highest BCUT2D eigenvalue weighted by molar-refractivity contribution is 7.11. The lowest BCUT2D eigenvalue weighted by molar-refractivity contribution is -0.129. The predicted octanol–water partition coefficient (Wildman–Crippen LogP) is 0.786. The van der Waals surface area contributed by atoms with Gasteiger partial charge >= 0.3 is 0 Å². The normalized spacial score (nSPS) is 18.3. The van der Waals surface area contributed by atoms with Crippen molar-refractivity contribution in [1.29, 1.82) is 0 Å². The number of carbonyl (C=O) groups is 2. The number of carbonyl (C=O) groups excluding carboxylic acids is 2. The molecule has 0 saturated carbocycles. The number of aryl methyl sites for hydroxylation is 2. The molecule has 1 fully saturated rings. The van der Waals surface area contributed by atoms with Crippen LogP contribution in [0.25, 0.3) is 0 Å². The molecule has 2 heterocycles. The third-order valence-corrected chi connectivity index (χ3v) is 4.96. The number of likely N-dealkylation sites (tertiary alicyclic amines) is 1. The summed E-state index contributed by atoms with van der Waals surface area (Å²) in [5.74, 6) is -0.217. The van der Waals surface area contributed by atoms with E-state index in [1.165, 1.54) is 4.88 Å². The summed E-state index contributed by atoms with van der Waals surface area (Å²) < 4.78 is 0. The summed E-state index contributed by atoms with van der Waals surface area (Å²) in [4.78, 5) is 33.6. The minimum atomic E-state index is -0.239. The molecule has 1 saturated heterocycles. The fourth-order valence-corrected chi connectivity index (χ4v) is 3.28. The van der Waals surface area contributed by atoms with Gasteiger partial charge in [0.05, 0.1) is 18.2 Å². The van der Waals surface area contributed by atoms with Crippen LogP contribution in [0.2, 0.25) is 0 Å². The van der Waals surface area contributed by atoms with Crippen LogP contribution in [0.4, 0.5) is 0 Å². The molecule has 1 N–H and O–H groups in total. The van der Waals surface area contributed by atoms with E-state index in [9.17, 15) is 9.59 Å². The fraction of sp³-hybridized carbons (Fsp3) is 0.667. The first-order chi connectivity index (χ1) is 10.4. The van der Waals surface area contributed by atoms with E-state index in [4.69, 9.17) is 0 Å². The lowest BCUT2D eigenvalue weighted by Gasteiger charge is -2.19. The topological polar surface area (TPSA) is 65.5 Å². The Labute approximate surface area is 135 Å². The van der Waals surface area contributed by atoms with Crippen molar-refractivity contribution in [2.24, 2.45) is 5.92 Å². The van der Waals surface area contributed by atoms with Crippen LogP contribution >= 0.6 is 11.3 Å². The minimum absolute atomic E-state index is 0.0498. The molecule has 1 aromatic rings. The zero-order valence-corrected chi connectivity index (χ0v) is 14.5. The number of aromatic nitrogens is 1. The van der Waals surface area contributed by atoms with E-state index in [0.29, 0.717) is 26.1 Å². The molecular formula is C15H24N4O2S. The fourth-order valence-electron chi connectivity index (χ4n) is 2.41. The highest BCUT2D eigenvalue weighted by Crippen LogP contribution is 2.19. The number of thiazole rings is 1. The van der Waals surface area contributed by atoms with Gasteiger partial charge in [-0.05, 0) is 27.9 Å². The number of hydrogen-bond donors (Lipinski definition) is 1. The number of likely N-dealkylation sites (N-methyl/N-ethyl adjacent to an activating group) is 1. The van der Waals surface area contributed by atoms with Gasteiger partial charge < -0.3 is 15.1 Å². The molecule has 1 atom stereocenters. The van der Waals surface area contributed by atoms with Gasteiger partial charge in [0.1, 0.15) is 5.01 Å². The van der Waals surface area contributed by atoms with Crippen molar-refractivity contribution in [2.45, 2.75) is 26.8 Å². The van der Waals surface area contributed by atoms with Crippen molar-refractivity contribution in [1.82, 2.24) is 20.1 Å². The SMILES string of the molecule is Cc1nc(CNC(=O)C2CC(=O)N(CCN(C)C)C2)sc1C. The Kier molecular flexibility index (Phi) is 5.52. The van der Waals surface area contributed by atoms with E-state index >= 15 is 0 Å². The van der Waals surface area contributed by atoms with Gasteiger partial charge in [0.15, 0.2) is 0 Å². The van der Waals surface area contributed by atoms with Gasteiger partial charge in [0.25, 0.3) is 0 Å². The van der Waals surface area contributed by atoms with Gasteiger partial charge in [-0.15, -0.1) is 11.3 Å². The van der Waals surface area contributed by atoms with Crippen molar-refractivity contribution < 1.29 is 9.59 Å². The molecule has 1 aliphatic heterocycles. The summed E-state index contributed by atoms with van der Waals surface area (Å²) in [6, 6.07) is 0. The van der Waals surface area contributed by atoms with E-state index in [1.807, 2.05) is 32.8 Å². The lowest BCUT2D eigenvalue weighted by Crippen LogP contribution is -2.35. The predicted molar refractivity (Wildman–Crippen MR) is 86.7 cm³/mol. The number of nitrogens with one attached hydrogen (secondary N) is 1. The highest BCUT2D eigenvalue weighted by Gasteiger charge is 2.33. The zero-order chi connectivity index (χ0) is 16.3. The first-order valence-corrected chi connectivity index (χ1v) is 8.31. The summed E-state index contributed by atoms with van der Waals surface area (Å²) in [5, 5.41) is 3.82. The molecular weight excluding hydrogens is 300 g/mol. The molecule has 7 heteroatoms. The maximum atomic E-state index is 12.2. The second-order valence-electron chi connectivity index (χ2n) is 6.01. The Morgan fingerprint density at radius 2 is 2.18 bits per heavy atom. The number of nitrogens with zero attached hydrogens (tertiary/aromatic N) is 3. The van der Waals surface area contributed by atoms with Crippen molar-refractivity contribution in [2.75, 3.05) is 33.7 Å². The van der Waals surface area contributed by atoms with Crippen LogP contribution in [0.3, 0.4) is 0 Å². The molecule has 0 spiro atoms. The average Bonchev–Trinajstić information content (AvgIpc) is 2.97. The van der Waals surface area contributed by atoms with Crippen LogP contribution < -0.4 is 5.32 Å². The van der Waals surface area contributed by atoms with Crippen LogP contribution in [0, 0.1) is 19.8 Å². The van der Waals surface area contributed by atoms with Gasteiger partial charge in [0.2, 0.25) is 11.8 Å². The van der Waals surface area contributed by atoms with Crippen LogP contribution in [0.5, 0.6) is 0 Å². The van der Waals surface area contributed by atoms with Crippen LogP contribution in [-0.4, -0.2) is 60.3 Å². The van der Waals surface area contributed by atoms with Crippen molar-refractivity contribution in [3.63, 3.8) is 0 Å². The van der Waals surface area contributed by atoms with Gasteiger partial charge in [-0.3, -0.25) is 9.59 Å². The van der Waals surface area contributed by atoms with Gasteiger partial charge in [-0.1, -0.05) is 0 Å². The summed E-state index contributed by atoms with van der Waals surface area (Å²) in [7, 11) is 3.95. The number of hydrogen-bond acceptors (Lipinski definition) is 5. The Hall–Kier alpha value is -1.47. The van der Waals surface area contributed by atoms with Crippen LogP contribution in [0.15, 0.2) is 0 Å². The molecule has 0 bridgehead atoms. The molecule has 0 radical (unpaired) electrons. The standard InChI is InChI=1S/C15H24N4O2S/c1-10-11(2)22-13(17-10)8-16-15(21)12-7-14(20)19(9-12)6-5-18(3)4/h12H,5-9H2,1-4H3,(H,16,21). The molecule has 6 nitrogen and oxygen atoms in total. The first kappa shape index (κ1) is 16.9. The Morgan fingerprint density at radius 1 is 1.45 bits per heavy atom. The molecule has 22 heavy (non-hydrogen) atoms. The number of amides is 2. The summed E-state index contributed by atoms with van der Waals surface area (Å²) in [6.45, 7) is 6.46. The molecule has 1 aliphatic rings. The molecule has 1 aromatic heterocycles. The van der Waals surface area contributed by atoms with Crippen LogP contribution in [0.1, 0.15) is 22.0 Å². The van der Waals surface area contributed by atoms with Gasteiger partial charge in [-0.2, -0.15) is 0 Å². The summed E-state index contributed by atoms with van der Waals surface area (Å²) in [6.07, 6.45) is 0.315. The maximum Gasteiger partial charge on any atom is 0.225 e. The first-order valence-electron chi connectivity index (χ1n) is 7.50. The zero-order valence-electron chi connectivity index (χ0n) is 13.7. The second kappa shape index (κ2) is 7.19. The summed E-state index contributed by atoms with van der Waals surface area (Å²) in [5.41, 5.74) is 1.01. The Bertz CT molecular complexity index is 536. The third kappa shape index (κ3) is 4.27. The highest BCUT2D eigenvalue weighted by atomic mass is 32.1. The van der Waals surface area contributed by atoms with E-state index in [-0.39, 0.29) is 17.7 Å². The molecule has 2 amide bonds. The largest absolute Gasteiger partial charge is 0.349 e. The van der Waals surface area contributed by atoms with Gasteiger partial charge in [0, 0.05) is 30.9 Å². The Balaban J connectivity index is 1.82. The van der Waals surface area contributed by atoms with E-state index in [2.05, 4.69) is 10.3 Å². The van der Waals surface area contributed by atoms with E-state index < -0.39 is 0 Å². The van der Waals surface area contributed by atoms with Crippen molar-refractivity contribution in [3.05, 3.63) is 15.6 Å². The van der Waals surface area contributed by atoms with Crippen molar-refractivity contribution in [3.8, 4) is 0 Å². The molecule has 1 unspecified atom stereocenters. The van der Waals surface area contributed by atoms with Crippen LogP contribution in [-0.2, 0) is 16.1 Å². The second-order valence-corrected chi connectivity index (χ2v) is 7.30. The van der Waals surface area contributed by atoms with Gasteiger partial charge in [-0.25, -0.2) is 4.98 Å². The molecule has 0 aromatic carbocycles. The van der Waals surface area contributed by atoms with Crippen molar-refractivity contribution >= 4 is 23.2 Å². The molecule has 122 valence electrons. The summed E-state index contributed by atoms with van der Waals surface area (Å²) >= 11 is 1.60. The Morgan fingerprint density at radius 3 is 2.77 bits per heavy atom. The molecule has 2 rings (SSSR count). The maximum absolute atomic E-state index is 12.2. The number of rotatable bonds is 6. The quantitative estimate of drug-likeness (QED) is 0.840. The monoisotopic (exact) mass is 324 g/mol.